The quantitative estimate of drug-likeness (QED) is 0.778. The van der Waals surface area contributed by atoms with Crippen molar-refractivity contribution in [3.63, 3.8) is 0 Å². The summed E-state index contributed by atoms with van der Waals surface area (Å²) in [7, 11) is 0. The minimum Gasteiger partial charge on any atom is -0.360 e. The van der Waals surface area contributed by atoms with Crippen LogP contribution in [0.4, 0.5) is 5.82 Å². The molecule has 0 atom stereocenters. The van der Waals surface area contributed by atoms with Crippen LogP contribution in [-0.2, 0) is 6.54 Å². The van der Waals surface area contributed by atoms with Crippen LogP contribution in [0.2, 0.25) is 0 Å². The fourth-order valence-corrected chi connectivity index (χ4v) is 2.44. The first-order valence-electron chi connectivity index (χ1n) is 5.55. The number of hydrogen-bond acceptors (Lipinski definition) is 6. The summed E-state index contributed by atoms with van der Waals surface area (Å²) in [6.07, 6.45) is 5.46. The highest BCUT2D eigenvalue weighted by Crippen LogP contribution is 2.15. The lowest BCUT2D eigenvalue weighted by molar-refractivity contribution is 0.999. The van der Waals surface area contributed by atoms with Crippen molar-refractivity contribution in [3.05, 3.63) is 34.3 Å². The Balaban J connectivity index is 1.86. The summed E-state index contributed by atoms with van der Waals surface area (Å²) in [5.74, 6) is 1.58. The van der Waals surface area contributed by atoms with E-state index < -0.39 is 0 Å². The lowest BCUT2D eigenvalue weighted by Crippen LogP contribution is -2.03. The van der Waals surface area contributed by atoms with E-state index in [-0.39, 0.29) is 0 Å². The average molecular weight is 260 g/mol. The van der Waals surface area contributed by atoms with Crippen molar-refractivity contribution in [3.8, 4) is 0 Å². The lowest BCUT2D eigenvalue weighted by atomic mass is 10.5. The van der Waals surface area contributed by atoms with Crippen molar-refractivity contribution in [1.29, 1.82) is 0 Å². The molecule has 3 aromatic heterocycles. The largest absolute Gasteiger partial charge is 0.360 e. The summed E-state index contributed by atoms with van der Waals surface area (Å²) in [5, 5.41) is 12.4. The molecule has 7 heteroatoms. The first kappa shape index (κ1) is 11.1. The number of fused-ring (bicyclic) bond motifs is 1. The molecule has 0 unspecified atom stereocenters. The van der Waals surface area contributed by atoms with Gasteiger partial charge in [-0.3, -0.25) is 4.40 Å². The summed E-state index contributed by atoms with van der Waals surface area (Å²) in [5.41, 5.74) is 0.739. The van der Waals surface area contributed by atoms with E-state index in [1.807, 2.05) is 30.6 Å². The number of nitrogens with one attached hydrogen (secondary N) is 1. The molecule has 6 nitrogen and oxygen atoms in total. The number of aromatic nitrogens is 5. The van der Waals surface area contributed by atoms with Gasteiger partial charge in [0.05, 0.1) is 6.54 Å². The van der Waals surface area contributed by atoms with E-state index in [9.17, 15) is 0 Å². The van der Waals surface area contributed by atoms with Crippen molar-refractivity contribution in [1.82, 2.24) is 24.6 Å². The maximum atomic E-state index is 4.30. The van der Waals surface area contributed by atoms with Gasteiger partial charge in [0, 0.05) is 23.5 Å². The Labute approximate surface area is 108 Å². The third kappa shape index (κ3) is 1.92. The number of hydrogen-bond donors (Lipinski definition) is 1. The van der Waals surface area contributed by atoms with Crippen molar-refractivity contribution in [2.75, 3.05) is 5.32 Å². The molecule has 18 heavy (non-hydrogen) atoms. The monoisotopic (exact) mass is 260 g/mol. The zero-order chi connectivity index (χ0) is 12.5. The Kier molecular flexibility index (Phi) is 2.67. The summed E-state index contributed by atoms with van der Waals surface area (Å²) < 4.78 is 1.91. The van der Waals surface area contributed by atoms with Crippen LogP contribution in [0.5, 0.6) is 0 Å². The first-order chi connectivity index (χ1) is 8.74. The van der Waals surface area contributed by atoms with Crippen LogP contribution < -0.4 is 5.32 Å². The van der Waals surface area contributed by atoms with Crippen LogP contribution in [0.25, 0.3) is 5.65 Å². The molecule has 0 saturated carbocycles. The molecule has 3 heterocycles. The Bertz CT molecular complexity index is 686. The van der Waals surface area contributed by atoms with E-state index >= 15 is 0 Å². The van der Waals surface area contributed by atoms with Gasteiger partial charge in [0.2, 0.25) is 5.65 Å². The average Bonchev–Trinajstić information content (AvgIpc) is 2.94. The predicted molar refractivity (Wildman–Crippen MR) is 69.7 cm³/mol. The third-order valence-corrected chi connectivity index (χ3v) is 3.49. The molecular weight excluding hydrogens is 248 g/mol. The molecule has 0 spiro atoms. The maximum Gasteiger partial charge on any atom is 0.203 e. The van der Waals surface area contributed by atoms with Crippen LogP contribution in [0.1, 0.15) is 15.7 Å². The first-order valence-corrected chi connectivity index (χ1v) is 6.37. The molecule has 0 aliphatic carbocycles. The van der Waals surface area contributed by atoms with Gasteiger partial charge < -0.3 is 5.32 Å². The van der Waals surface area contributed by atoms with Crippen LogP contribution >= 0.6 is 11.3 Å². The molecule has 0 aliphatic rings. The Hall–Kier alpha value is -2.02. The molecule has 92 valence electrons. The van der Waals surface area contributed by atoms with Crippen molar-refractivity contribution < 1.29 is 0 Å². The van der Waals surface area contributed by atoms with Crippen molar-refractivity contribution in [2.24, 2.45) is 0 Å². The Morgan fingerprint density at radius 2 is 2.17 bits per heavy atom. The van der Waals surface area contributed by atoms with E-state index in [0.717, 1.165) is 22.3 Å². The van der Waals surface area contributed by atoms with Gasteiger partial charge in [0.1, 0.15) is 10.8 Å². The van der Waals surface area contributed by atoms with Crippen LogP contribution in [-0.4, -0.2) is 24.6 Å². The van der Waals surface area contributed by atoms with Gasteiger partial charge in [-0.25, -0.2) is 9.97 Å². The summed E-state index contributed by atoms with van der Waals surface area (Å²) in [4.78, 5) is 9.79. The highest BCUT2D eigenvalue weighted by Gasteiger charge is 2.07. The summed E-state index contributed by atoms with van der Waals surface area (Å²) in [6, 6.07) is 0. The number of rotatable bonds is 3. The molecule has 0 amide bonds. The van der Waals surface area contributed by atoms with Gasteiger partial charge >= 0.3 is 0 Å². The predicted octanol–water partition coefficient (Wildman–Crippen LogP) is 1.81. The number of anilines is 1. The van der Waals surface area contributed by atoms with Gasteiger partial charge in [0.25, 0.3) is 0 Å². The Morgan fingerprint density at radius 1 is 1.28 bits per heavy atom. The third-order valence-electron chi connectivity index (χ3n) is 2.57. The molecule has 3 aromatic rings. The second-order valence-corrected chi connectivity index (χ2v) is 5.25. The normalized spacial score (nSPS) is 11.0. The zero-order valence-corrected chi connectivity index (χ0v) is 10.9. The molecule has 1 N–H and O–H groups in total. The SMILES string of the molecule is Cc1cnc(CNc2nccn3c(C)nnc23)s1. The minimum absolute atomic E-state index is 0.650. The van der Waals surface area contributed by atoms with E-state index in [2.05, 4.69) is 25.5 Å². The highest BCUT2D eigenvalue weighted by molar-refractivity contribution is 7.11. The van der Waals surface area contributed by atoms with E-state index in [0.29, 0.717) is 6.54 Å². The number of aryl methyl sites for hydroxylation is 2. The second-order valence-electron chi connectivity index (χ2n) is 3.93. The molecule has 0 aromatic carbocycles. The fraction of sp³-hybridized carbons (Fsp3) is 0.273. The van der Waals surface area contributed by atoms with Crippen LogP contribution in [0.15, 0.2) is 18.6 Å². The van der Waals surface area contributed by atoms with E-state index in [1.54, 1.807) is 17.5 Å². The summed E-state index contributed by atoms with van der Waals surface area (Å²) >= 11 is 1.67. The van der Waals surface area contributed by atoms with Gasteiger partial charge in [-0.1, -0.05) is 0 Å². The van der Waals surface area contributed by atoms with Gasteiger partial charge in [-0.05, 0) is 13.8 Å². The van der Waals surface area contributed by atoms with Gasteiger partial charge in [-0.2, -0.15) is 0 Å². The fourth-order valence-electron chi connectivity index (χ4n) is 1.71. The molecule has 0 bridgehead atoms. The van der Waals surface area contributed by atoms with Crippen LogP contribution in [0, 0.1) is 13.8 Å². The van der Waals surface area contributed by atoms with Crippen molar-refractivity contribution in [2.45, 2.75) is 20.4 Å². The molecule has 0 radical (unpaired) electrons. The summed E-state index contributed by atoms with van der Waals surface area (Å²) in [6.45, 7) is 4.60. The minimum atomic E-state index is 0.650. The second kappa shape index (κ2) is 4.34. The molecule has 3 rings (SSSR count). The smallest absolute Gasteiger partial charge is 0.203 e. The van der Waals surface area contributed by atoms with E-state index in [4.69, 9.17) is 0 Å². The lowest BCUT2D eigenvalue weighted by Gasteiger charge is -2.04. The van der Waals surface area contributed by atoms with Crippen molar-refractivity contribution >= 4 is 22.8 Å². The van der Waals surface area contributed by atoms with E-state index in [1.165, 1.54) is 4.88 Å². The van der Waals surface area contributed by atoms with Gasteiger partial charge in [0.15, 0.2) is 5.82 Å². The molecular formula is C11H12N6S. The number of thiazole rings is 1. The Morgan fingerprint density at radius 3 is 2.94 bits per heavy atom. The molecule has 0 fully saturated rings. The zero-order valence-electron chi connectivity index (χ0n) is 10.1. The standard InChI is InChI=1S/C11H12N6S/c1-7-5-13-9(18-7)6-14-10-11-16-15-8(2)17(11)4-3-12-10/h3-5H,6H2,1-2H3,(H,12,14). The molecule has 0 aliphatic heterocycles. The highest BCUT2D eigenvalue weighted by atomic mass is 32.1. The van der Waals surface area contributed by atoms with Crippen LogP contribution in [0.3, 0.4) is 0 Å². The molecule has 0 saturated heterocycles. The van der Waals surface area contributed by atoms with Gasteiger partial charge in [-0.15, -0.1) is 21.5 Å². The maximum absolute atomic E-state index is 4.30. The number of nitrogens with zero attached hydrogens (tertiary/aromatic N) is 5. The topological polar surface area (TPSA) is 68.0 Å².